The summed E-state index contributed by atoms with van der Waals surface area (Å²) in [5.74, 6) is -0.709. The molecule has 0 radical (unpaired) electrons. The average molecular weight is 468 g/mol. The molecule has 0 aromatic heterocycles. The van der Waals surface area contributed by atoms with Crippen LogP contribution in [-0.4, -0.2) is 29.6 Å². The van der Waals surface area contributed by atoms with Crippen LogP contribution in [0, 0.1) is 10.1 Å². The van der Waals surface area contributed by atoms with Crippen LogP contribution in [-0.2, 0) is 4.79 Å². The molecular formula is C26H20N4O5. The molecule has 0 spiro atoms. The van der Waals surface area contributed by atoms with Gasteiger partial charge in [0.05, 0.1) is 23.2 Å². The van der Waals surface area contributed by atoms with Crippen molar-refractivity contribution in [3.05, 3.63) is 112 Å². The standard InChI is InChI=1S/C26H20N4O5/c31-25(17-27-22-11-8-19-5-1-2-6-21(19)15-22)29-28-16-18-4-3-7-24(14-18)35-26(32)20-9-12-23(13-10-20)30(33)34/h1-16,27H,17H2,(H,29,31)/b28-16-. The third-order valence-electron chi connectivity index (χ3n) is 4.99. The maximum atomic E-state index is 12.3. The van der Waals surface area contributed by atoms with Crippen LogP contribution in [0.15, 0.2) is 96.1 Å². The van der Waals surface area contributed by atoms with Crippen molar-refractivity contribution in [3.8, 4) is 5.75 Å². The molecule has 35 heavy (non-hydrogen) atoms. The summed E-state index contributed by atoms with van der Waals surface area (Å²) in [6.45, 7) is 0.0442. The highest BCUT2D eigenvalue weighted by Crippen LogP contribution is 2.19. The second kappa shape index (κ2) is 10.7. The van der Waals surface area contributed by atoms with Crippen molar-refractivity contribution in [2.75, 3.05) is 11.9 Å². The fourth-order valence-corrected chi connectivity index (χ4v) is 3.24. The van der Waals surface area contributed by atoms with Gasteiger partial charge in [-0.2, -0.15) is 5.10 Å². The third-order valence-corrected chi connectivity index (χ3v) is 4.99. The predicted octanol–water partition coefficient (Wildman–Crippen LogP) is 4.53. The number of anilines is 1. The van der Waals surface area contributed by atoms with Crippen LogP contribution in [0.4, 0.5) is 11.4 Å². The van der Waals surface area contributed by atoms with Crippen LogP contribution >= 0.6 is 0 Å². The van der Waals surface area contributed by atoms with Crippen LogP contribution < -0.4 is 15.5 Å². The van der Waals surface area contributed by atoms with E-state index in [-0.39, 0.29) is 29.5 Å². The first kappa shape index (κ1) is 23.1. The van der Waals surface area contributed by atoms with E-state index in [0.29, 0.717) is 5.56 Å². The van der Waals surface area contributed by atoms with Crippen molar-refractivity contribution in [2.24, 2.45) is 5.10 Å². The number of carbonyl (C=O) groups is 2. The molecule has 0 heterocycles. The molecule has 0 fully saturated rings. The lowest BCUT2D eigenvalue weighted by Crippen LogP contribution is -2.25. The molecule has 0 aliphatic rings. The normalized spacial score (nSPS) is 10.7. The van der Waals surface area contributed by atoms with Crippen molar-refractivity contribution in [3.63, 3.8) is 0 Å². The van der Waals surface area contributed by atoms with E-state index in [0.717, 1.165) is 16.5 Å². The molecule has 0 unspecified atom stereocenters. The number of hydrazone groups is 1. The zero-order valence-corrected chi connectivity index (χ0v) is 18.4. The topological polar surface area (TPSA) is 123 Å². The van der Waals surface area contributed by atoms with E-state index >= 15 is 0 Å². The third kappa shape index (κ3) is 6.26. The van der Waals surface area contributed by atoms with Crippen molar-refractivity contribution < 1.29 is 19.2 Å². The maximum absolute atomic E-state index is 12.3. The zero-order valence-electron chi connectivity index (χ0n) is 18.4. The number of benzene rings is 4. The lowest BCUT2D eigenvalue weighted by atomic mass is 10.1. The highest BCUT2D eigenvalue weighted by atomic mass is 16.6. The smallest absolute Gasteiger partial charge is 0.343 e. The van der Waals surface area contributed by atoms with E-state index in [1.807, 2.05) is 42.5 Å². The number of fused-ring (bicyclic) bond motifs is 1. The summed E-state index contributed by atoms with van der Waals surface area (Å²) in [5, 5.41) is 19.9. The van der Waals surface area contributed by atoms with Crippen LogP contribution in [0.5, 0.6) is 5.75 Å². The van der Waals surface area contributed by atoms with Gasteiger partial charge in [0, 0.05) is 17.8 Å². The summed E-state index contributed by atoms with van der Waals surface area (Å²) in [6, 6.07) is 25.5. The molecule has 9 nitrogen and oxygen atoms in total. The molecule has 0 aliphatic carbocycles. The molecule has 0 bridgehead atoms. The van der Waals surface area contributed by atoms with Gasteiger partial charge in [0.2, 0.25) is 0 Å². The number of nitro benzene ring substituents is 1. The van der Waals surface area contributed by atoms with Crippen molar-refractivity contribution >= 4 is 40.2 Å². The average Bonchev–Trinajstić information content (AvgIpc) is 2.87. The van der Waals surface area contributed by atoms with Gasteiger partial charge in [-0.3, -0.25) is 14.9 Å². The SMILES string of the molecule is O=C(CNc1ccc2ccccc2c1)N/N=C\c1cccc(OC(=O)c2ccc([N+](=O)[O-])cc2)c1. The van der Waals surface area contributed by atoms with E-state index in [9.17, 15) is 19.7 Å². The summed E-state index contributed by atoms with van der Waals surface area (Å²) in [5.41, 5.74) is 3.93. The minimum absolute atomic E-state index is 0.0442. The number of rotatable bonds is 8. The monoisotopic (exact) mass is 468 g/mol. The number of esters is 1. The summed E-state index contributed by atoms with van der Waals surface area (Å²) in [4.78, 5) is 34.6. The number of ether oxygens (including phenoxy) is 1. The Labute approximate surface area is 200 Å². The fourth-order valence-electron chi connectivity index (χ4n) is 3.24. The maximum Gasteiger partial charge on any atom is 0.343 e. The number of nitrogens with zero attached hydrogens (tertiary/aromatic N) is 2. The molecule has 0 saturated carbocycles. The number of nitrogens with one attached hydrogen (secondary N) is 2. The molecule has 0 aliphatic heterocycles. The van der Waals surface area contributed by atoms with Gasteiger partial charge in [-0.15, -0.1) is 0 Å². The summed E-state index contributed by atoms with van der Waals surface area (Å²) in [7, 11) is 0. The highest BCUT2D eigenvalue weighted by Gasteiger charge is 2.11. The van der Waals surface area contributed by atoms with Gasteiger partial charge >= 0.3 is 5.97 Å². The summed E-state index contributed by atoms with van der Waals surface area (Å²) in [6.07, 6.45) is 1.43. The Morgan fingerprint density at radius 3 is 2.46 bits per heavy atom. The second-order valence-corrected chi connectivity index (χ2v) is 7.47. The fraction of sp³-hybridized carbons (Fsp3) is 0.0385. The molecule has 0 saturated heterocycles. The molecule has 174 valence electrons. The molecule has 4 aromatic carbocycles. The minimum atomic E-state index is -0.651. The van der Waals surface area contributed by atoms with Gasteiger partial charge in [-0.25, -0.2) is 10.2 Å². The Balaban J connectivity index is 1.29. The molecule has 4 aromatic rings. The molecule has 0 atom stereocenters. The van der Waals surface area contributed by atoms with Gasteiger partial charge < -0.3 is 10.1 Å². The van der Waals surface area contributed by atoms with Crippen molar-refractivity contribution in [1.82, 2.24) is 5.43 Å². The predicted molar refractivity (Wildman–Crippen MR) is 133 cm³/mol. The molecule has 4 rings (SSSR count). The number of non-ortho nitro benzene ring substituents is 1. The van der Waals surface area contributed by atoms with Crippen LogP contribution in [0.1, 0.15) is 15.9 Å². The first-order chi connectivity index (χ1) is 17.0. The Hall–Kier alpha value is -5.05. The lowest BCUT2D eigenvalue weighted by molar-refractivity contribution is -0.384. The van der Waals surface area contributed by atoms with Crippen LogP contribution in [0.3, 0.4) is 0 Å². The van der Waals surface area contributed by atoms with Gasteiger partial charge in [-0.05, 0) is 52.7 Å². The van der Waals surface area contributed by atoms with Crippen LogP contribution in [0.25, 0.3) is 10.8 Å². The Bertz CT molecular complexity index is 1420. The molecule has 9 heteroatoms. The lowest BCUT2D eigenvalue weighted by Gasteiger charge is -2.07. The van der Waals surface area contributed by atoms with Crippen molar-refractivity contribution in [1.29, 1.82) is 0 Å². The van der Waals surface area contributed by atoms with Crippen molar-refractivity contribution in [2.45, 2.75) is 0 Å². The van der Waals surface area contributed by atoms with E-state index < -0.39 is 10.9 Å². The zero-order chi connectivity index (χ0) is 24.6. The highest BCUT2D eigenvalue weighted by molar-refractivity contribution is 5.92. The van der Waals surface area contributed by atoms with Gasteiger partial charge in [0.1, 0.15) is 5.75 Å². The number of hydrogen-bond acceptors (Lipinski definition) is 7. The molecule has 1 amide bonds. The van der Waals surface area contributed by atoms with E-state index in [1.165, 1.54) is 30.5 Å². The van der Waals surface area contributed by atoms with Crippen LogP contribution in [0.2, 0.25) is 0 Å². The van der Waals surface area contributed by atoms with E-state index in [2.05, 4.69) is 15.8 Å². The Morgan fingerprint density at radius 1 is 0.914 bits per heavy atom. The number of amides is 1. The molecular weight excluding hydrogens is 448 g/mol. The minimum Gasteiger partial charge on any atom is -0.423 e. The first-order valence-corrected chi connectivity index (χ1v) is 10.6. The van der Waals surface area contributed by atoms with Gasteiger partial charge in [-0.1, -0.05) is 42.5 Å². The van der Waals surface area contributed by atoms with E-state index in [4.69, 9.17) is 4.74 Å². The molecule has 2 N–H and O–H groups in total. The number of hydrogen-bond donors (Lipinski definition) is 2. The first-order valence-electron chi connectivity index (χ1n) is 10.6. The Kier molecular flexibility index (Phi) is 7.08. The van der Waals surface area contributed by atoms with Gasteiger partial charge in [0.25, 0.3) is 11.6 Å². The summed E-state index contributed by atoms with van der Waals surface area (Å²) < 4.78 is 5.32. The second-order valence-electron chi connectivity index (χ2n) is 7.47. The Morgan fingerprint density at radius 2 is 1.69 bits per heavy atom. The number of nitro groups is 1. The van der Waals surface area contributed by atoms with Gasteiger partial charge in [0.15, 0.2) is 0 Å². The largest absolute Gasteiger partial charge is 0.423 e. The summed E-state index contributed by atoms with van der Waals surface area (Å²) >= 11 is 0. The number of carbonyl (C=O) groups excluding carboxylic acids is 2. The van der Waals surface area contributed by atoms with E-state index in [1.54, 1.807) is 24.3 Å². The quantitative estimate of drug-likeness (QED) is 0.129.